The molecule has 1 saturated heterocycles. The van der Waals surface area contributed by atoms with Crippen LogP contribution in [0.3, 0.4) is 0 Å². The van der Waals surface area contributed by atoms with Crippen LogP contribution in [0.5, 0.6) is 0 Å². The van der Waals surface area contributed by atoms with Gasteiger partial charge in [0.05, 0.1) is 24.2 Å². The first-order valence-electron chi connectivity index (χ1n) is 5.91. The van der Waals surface area contributed by atoms with E-state index in [2.05, 4.69) is 5.43 Å². The highest BCUT2D eigenvalue weighted by Crippen LogP contribution is 2.29. The number of hydrazine groups is 1. The van der Waals surface area contributed by atoms with E-state index in [1.807, 2.05) is 6.07 Å². The van der Waals surface area contributed by atoms with Crippen molar-refractivity contribution >= 4 is 0 Å². The smallest absolute Gasteiger partial charge is 0.0935 e. The molecule has 1 aliphatic rings. The second kappa shape index (κ2) is 5.64. The van der Waals surface area contributed by atoms with Crippen LogP contribution < -0.4 is 11.3 Å². The van der Waals surface area contributed by atoms with Gasteiger partial charge >= 0.3 is 0 Å². The fourth-order valence-electron chi connectivity index (χ4n) is 2.45. The van der Waals surface area contributed by atoms with Gasteiger partial charge in [0.2, 0.25) is 0 Å². The van der Waals surface area contributed by atoms with Crippen LogP contribution in [0, 0.1) is 0 Å². The molecule has 2 heterocycles. The summed E-state index contributed by atoms with van der Waals surface area (Å²) in [6.45, 7) is 1.44. The number of hydrogen-bond acceptors (Lipinski definition) is 5. The molecule has 1 aliphatic heterocycles. The number of nitrogens with two attached hydrogens (primary N) is 1. The summed E-state index contributed by atoms with van der Waals surface area (Å²) in [5.74, 6) is 5.68. The fraction of sp³-hybridized carbons (Fsp3) is 0.667. The molecule has 0 amide bonds. The lowest BCUT2D eigenvalue weighted by molar-refractivity contribution is -0.110. The Labute approximate surface area is 101 Å². The monoisotopic (exact) mass is 240 g/mol. The molecule has 0 saturated carbocycles. The maximum absolute atomic E-state index is 5.73. The molecule has 17 heavy (non-hydrogen) atoms. The molecule has 0 radical (unpaired) electrons. The lowest BCUT2D eigenvalue weighted by Crippen LogP contribution is -2.58. The standard InChI is InChI=1S/C12H20N2O3/c1-15-12(3-6-16-7-4-12)11(14-13)8-10-2-5-17-9-10/h2,5,9,11,14H,3-4,6-8,13H2,1H3. The first kappa shape index (κ1) is 12.6. The van der Waals surface area contributed by atoms with E-state index in [9.17, 15) is 0 Å². The molecule has 1 aromatic heterocycles. The summed E-state index contributed by atoms with van der Waals surface area (Å²) in [5, 5.41) is 0. The summed E-state index contributed by atoms with van der Waals surface area (Å²) in [6.07, 6.45) is 5.92. The molecular weight excluding hydrogens is 220 g/mol. The minimum atomic E-state index is -0.246. The lowest BCUT2D eigenvalue weighted by atomic mass is 9.83. The molecule has 3 N–H and O–H groups in total. The van der Waals surface area contributed by atoms with Gasteiger partial charge in [-0.25, -0.2) is 0 Å². The predicted molar refractivity (Wildman–Crippen MR) is 63.3 cm³/mol. The number of nitrogens with one attached hydrogen (secondary N) is 1. The van der Waals surface area contributed by atoms with Crippen LogP contribution in [-0.2, 0) is 15.9 Å². The fourth-order valence-corrected chi connectivity index (χ4v) is 2.45. The Morgan fingerprint density at radius 2 is 2.29 bits per heavy atom. The van der Waals surface area contributed by atoms with Crippen molar-refractivity contribution in [2.75, 3.05) is 20.3 Å². The number of furan rings is 1. The van der Waals surface area contributed by atoms with E-state index in [1.165, 1.54) is 0 Å². The first-order valence-corrected chi connectivity index (χ1v) is 5.91. The van der Waals surface area contributed by atoms with Crippen LogP contribution in [0.15, 0.2) is 23.0 Å². The van der Waals surface area contributed by atoms with Gasteiger partial charge in [0.1, 0.15) is 0 Å². The van der Waals surface area contributed by atoms with Gasteiger partial charge in [-0.2, -0.15) is 0 Å². The number of hydrogen-bond donors (Lipinski definition) is 2. The van der Waals surface area contributed by atoms with E-state index in [0.717, 1.165) is 38.0 Å². The molecule has 1 aromatic rings. The van der Waals surface area contributed by atoms with Crippen molar-refractivity contribution in [3.05, 3.63) is 24.2 Å². The molecule has 1 fully saturated rings. The zero-order valence-corrected chi connectivity index (χ0v) is 10.1. The first-order chi connectivity index (χ1) is 8.30. The van der Waals surface area contributed by atoms with Crippen LogP contribution in [0.1, 0.15) is 18.4 Å². The minimum Gasteiger partial charge on any atom is -0.472 e. The van der Waals surface area contributed by atoms with Crippen molar-refractivity contribution in [3.63, 3.8) is 0 Å². The van der Waals surface area contributed by atoms with E-state index in [-0.39, 0.29) is 11.6 Å². The molecule has 0 spiro atoms. The Morgan fingerprint density at radius 3 is 2.82 bits per heavy atom. The van der Waals surface area contributed by atoms with Gasteiger partial charge in [0.25, 0.3) is 0 Å². The highest BCUT2D eigenvalue weighted by molar-refractivity contribution is 5.10. The van der Waals surface area contributed by atoms with Crippen LogP contribution in [0.25, 0.3) is 0 Å². The van der Waals surface area contributed by atoms with Crippen molar-refractivity contribution in [1.29, 1.82) is 0 Å². The molecular formula is C12H20N2O3. The van der Waals surface area contributed by atoms with Crippen LogP contribution in [-0.4, -0.2) is 32.0 Å². The highest BCUT2D eigenvalue weighted by atomic mass is 16.5. The van der Waals surface area contributed by atoms with Gasteiger partial charge in [-0.1, -0.05) is 0 Å². The topological polar surface area (TPSA) is 69.7 Å². The average molecular weight is 240 g/mol. The molecule has 5 nitrogen and oxygen atoms in total. The summed E-state index contributed by atoms with van der Waals surface area (Å²) >= 11 is 0. The van der Waals surface area contributed by atoms with Gasteiger partial charge in [-0.3, -0.25) is 11.3 Å². The maximum atomic E-state index is 5.73. The Balaban J connectivity index is 2.09. The number of rotatable bonds is 5. The van der Waals surface area contributed by atoms with E-state index >= 15 is 0 Å². The zero-order chi connectivity index (χ0) is 12.1. The maximum Gasteiger partial charge on any atom is 0.0935 e. The van der Waals surface area contributed by atoms with Gasteiger partial charge in [0, 0.05) is 33.2 Å². The number of methoxy groups -OCH3 is 1. The molecule has 96 valence electrons. The SMILES string of the molecule is COC1(C(Cc2ccoc2)NN)CCOCC1. The third kappa shape index (κ3) is 2.69. The van der Waals surface area contributed by atoms with Crippen molar-refractivity contribution in [2.45, 2.75) is 30.9 Å². The Bertz CT molecular complexity index is 321. The average Bonchev–Trinajstić information content (AvgIpc) is 2.89. The van der Waals surface area contributed by atoms with Crippen LogP contribution in [0.2, 0.25) is 0 Å². The molecule has 1 atom stereocenters. The van der Waals surface area contributed by atoms with E-state index in [0.29, 0.717) is 0 Å². The van der Waals surface area contributed by atoms with Gasteiger partial charge in [0.15, 0.2) is 0 Å². The summed E-state index contributed by atoms with van der Waals surface area (Å²) in [4.78, 5) is 0. The van der Waals surface area contributed by atoms with E-state index < -0.39 is 0 Å². The second-order valence-corrected chi connectivity index (χ2v) is 4.44. The second-order valence-electron chi connectivity index (χ2n) is 4.44. The summed E-state index contributed by atoms with van der Waals surface area (Å²) in [6, 6.07) is 2.02. The quantitative estimate of drug-likeness (QED) is 0.590. The van der Waals surface area contributed by atoms with Crippen molar-refractivity contribution in [1.82, 2.24) is 5.43 Å². The summed E-state index contributed by atoms with van der Waals surface area (Å²) < 4.78 is 16.2. The van der Waals surface area contributed by atoms with Crippen LogP contribution in [0.4, 0.5) is 0 Å². The van der Waals surface area contributed by atoms with Gasteiger partial charge in [-0.15, -0.1) is 0 Å². The Morgan fingerprint density at radius 1 is 1.53 bits per heavy atom. The molecule has 0 bridgehead atoms. The summed E-state index contributed by atoms with van der Waals surface area (Å²) in [7, 11) is 1.74. The van der Waals surface area contributed by atoms with Crippen molar-refractivity contribution in [2.24, 2.45) is 5.84 Å². The molecule has 0 aliphatic carbocycles. The third-order valence-corrected chi connectivity index (χ3v) is 3.60. The lowest BCUT2D eigenvalue weighted by Gasteiger charge is -2.41. The Hall–Kier alpha value is -0.880. The largest absolute Gasteiger partial charge is 0.472 e. The van der Waals surface area contributed by atoms with Crippen LogP contribution >= 0.6 is 0 Å². The minimum absolute atomic E-state index is 0.0639. The molecule has 2 rings (SSSR count). The van der Waals surface area contributed by atoms with Crippen molar-refractivity contribution in [3.8, 4) is 0 Å². The van der Waals surface area contributed by atoms with E-state index in [4.69, 9.17) is 19.7 Å². The molecule has 1 unspecified atom stereocenters. The predicted octanol–water partition coefficient (Wildman–Crippen LogP) is 0.850. The van der Waals surface area contributed by atoms with Gasteiger partial charge < -0.3 is 13.9 Å². The van der Waals surface area contributed by atoms with Crippen molar-refractivity contribution < 1.29 is 13.9 Å². The highest BCUT2D eigenvalue weighted by Gasteiger charge is 2.40. The number of ether oxygens (including phenoxy) is 2. The third-order valence-electron chi connectivity index (χ3n) is 3.60. The summed E-state index contributed by atoms with van der Waals surface area (Å²) in [5.41, 5.74) is 3.75. The van der Waals surface area contributed by atoms with Gasteiger partial charge in [-0.05, 0) is 18.1 Å². The van der Waals surface area contributed by atoms with E-state index in [1.54, 1.807) is 19.6 Å². The normalized spacial score (nSPS) is 21.3. The Kier molecular flexibility index (Phi) is 4.17. The zero-order valence-electron chi connectivity index (χ0n) is 10.1. The molecule has 0 aromatic carbocycles. The molecule has 5 heteroatoms.